The van der Waals surface area contributed by atoms with Crippen molar-refractivity contribution < 1.29 is 19.2 Å². The second-order valence-corrected chi connectivity index (χ2v) is 9.44. The van der Waals surface area contributed by atoms with Crippen LogP contribution in [-0.2, 0) is 26.3 Å². The molecule has 35 heavy (non-hydrogen) atoms. The Morgan fingerprint density at radius 1 is 1.03 bits per heavy atom. The molecule has 0 radical (unpaired) electrons. The van der Waals surface area contributed by atoms with Crippen molar-refractivity contribution in [2.24, 2.45) is 0 Å². The van der Waals surface area contributed by atoms with E-state index in [9.17, 15) is 19.2 Å². The van der Waals surface area contributed by atoms with Crippen LogP contribution in [0.15, 0.2) is 48.5 Å². The molecule has 5 amide bonds. The van der Waals surface area contributed by atoms with Crippen LogP contribution in [-0.4, -0.2) is 72.8 Å². The molecule has 2 heterocycles. The molecule has 1 atom stereocenters. The van der Waals surface area contributed by atoms with E-state index in [1.165, 1.54) is 0 Å². The number of halogens is 1. The summed E-state index contributed by atoms with van der Waals surface area (Å²) in [6, 6.07) is 14.5. The van der Waals surface area contributed by atoms with Crippen LogP contribution in [0.1, 0.15) is 17.5 Å². The molecular weight excluding hydrogens is 470 g/mol. The van der Waals surface area contributed by atoms with Crippen LogP contribution in [0.3, 0.4) is 0 Å². The van der Waals surface area contributed by atoms with Gasteiger partial charge in [0.1, 0.15) is 12.1 Å². The van der Waals surface area contributed by atoms with E-state index in [4.69, 9.17) is 11.6 Å². The molecule has 3 aliphatic rings. The second kappa shape index (κ2) is 9.22. The molecule has 2 N–H and O–H groups in total. The minimum atomic E-state index is -1.10. The smallest absolute Gasteiger partial charge is 0.325 e. The van der Waals surface area contributed by atoms with Crippen LogP contribution in [0.2, 0.25) is 5.02 Å². The lowest BCUT2D eigenvalue weighted by molar-refractivity contribution is -0.136. The molecule has 10 heteroatoms. The molecule has 2 aromatic rings. The predicted octanol–water partition coefficient (Wildman–Crippen LogP) is 1.50. The van der Waals surface area contributed by atoms with E-state index in [0.29, 0.717) is 44.0 Å². The Bertz CT molecular complexity index is 1200. The number of hydrogen-bond donors (Lipinski definition) is 2. The number of imide groups is 1. The van der Waals surface area contributed by atoms with Gasteiger partial charge in [-0.2, -0.15) is 0 Å². The fraction of sp³-hybridized carbons (Fsp3) is 0.360. The van der Waals surface area contributed by atoms with E-state index in [0.717, 1.165) is 21.7 Å². The van der Waals surface area contributed by atoms with Crippen LogP contribution in [0.4, 0.5) is 10.5 Å². The number of hydrogen-bond acceptors (Lipinski definition) is 5. The summed E-state index contributed by atoms with van der Waals surface area (Å²) in [6.07, 6.45) is 1.15. The minimum absolute atomic E-state index is 0.187. The lowest BCUT2D eigenvalue weighted by Crippen LogP contribution is -2.52. The SMILES string of the molecule is O=C(CN1C(=O)NC2(CCc3ccccc32)C1=O)NCC(=O)N1CCN(c2cccc(Cl)c2)CC1. The maximum absolute atomic E-state index is 13.2. The summed E-state index contributed by atoms with van der Waals surface area (Å²) in [5.41, 5.74) is 1.71. The first-order chi connectivity index (χ1) is 16.9. The molecule has 182 valence electrons. The molecule has 0 aromatic heterocycles. The maximum Gasteiger partial charge on any atom is 0.325 e. The summed E-state index contributed by atoms with van der Waals surface area (Å²) < 4.78 is 0. The Hall–Kier alpha value is -3.59. The summed E-state index contributed by atoms with van der Waals surface area (Å²) in [5, 5.41) is 6.02. The summed E-state index contributed by atoms with van der Waals surface area (Å²) in [7, 11) is 0. The number of nitrogens with zero attached hydrogens (tertiary/aromatic N) is 3. The van der Waals surface area contributed by atoms with Crippen molar-refractivity contribution >= 4 is 41.0 Å². The monoisotopic (exact) mass is 495 g/mol. The number of anilines is 1. The minimum Gasteiger partial charge on any atom is -0.368 e. The maximum atomic E-state index is 13.2. The van der Waals surface area contributed by atoms with Crippen molar-refractivity contribution in [3.8, 4) is 0 Å². The van der Waals surface area contributed by atoms with Gasteiger partial charge in [-0.05, 0) is 42.2 Å². The topological polar surface area (TPSA) is 102 Å². The first-order valence-corrected chi connectivity index (χ1v) is 12.0. The normalized spacial score (nSPS) is 21.3. The van der Waals surface area contributed by atoms with Gasteiger partial charge in [0, 0.05) is 36.9 Å². The third kappa shape index (κ3) is 4.32. The van der Waals surface area contributed by atoms with Gasteiger partial charge in [0.25, 0.3) is 5.91 Å². The van der Waals surface area contributed by atoms with Crippen molar-refractivity contribution in [1.82, 2.24) is 20.4 Å². The van der Waals surface area contributed by atoms with Gasteiger partial charge in [0.15, 0.2) is 0 Å². The number of urea groups is 1. The molecule has 9 nitrogen and oxygen atoms in total. The Morgan fingerprint density at radius 2 is 1.80 bits per heavy atom. The van der Waals surface area contributed by atoms with Gasteiger partial charge in [-0.1, -0.05) is 41.9 Å². The van der Waals surface area contributed by atoms with Gasteiger partial charge in [-0.25, -0.2) is 4.79 Å². The fourth-order valence-electron chi connectivity index (χ4n) is 5.11. The standard InChI is InChI=1S/C25H26ClN5O4/c26-18-5-3-6-19(14-18)29-10-12-30(13-11-29)22(33)15-27-21(32)16-31-23(34)25(28-24(31)35)9-8-17-4-1-2-7-20(17)25/h1-7,14H,8-13,15-16H2,(H,27,32)(H,28,35). The van der Waals surface area contributed by atoms with Crippen LogP contribution in [0, 0.1) is 0 Å². The largest absolute Gasteiger partial charge is 0.368 e. The highest BCUT2D eigenvalue weighted by molar-refractivity contribution is 6.30. The molecule has 2 saturated heterocycles. The van der Waals surface area contributed by atoms with E-state index in [1.54, 1.807) is 4.90 Å². The molecule has 2 aromatic carbocycles. The molecular formula is C25H26ClN5O4. The number of fused-ring (bicyclic) bond motifs is 2. The van der Waals surface area contributed by atoms with Crippen LogP contribution < -0.4 is 15.5 Å². The lowest BCUT2D eigenvalue weighted by atomic mass is 9.92. The van der Waals surface area contributed by atoms with Crippen LogP contribution >= 0.6 is 11.6 Å². The van der Waals surface area contributed by atoms with Crippen molar-refractivity contribution in [3.05, 3.63) is 64.7 Å². The Labute approximate surface area is 208 Å². The van der Waals surface area contributed by atoms with Gasteiger partial charge < -0.3 is 20.4 Å². The van der Waals surface area contributed by atoms with Gasteiger partial charge in [0.05, 0.1) is 6.54 Å². The predicted molar refractivity (Wildman–Crippen MR) is 130 cm³/mol. The van der Waals surface area contributed by atoms with Gasteiger partial charge >= 0.3 is 6.03 Å². The number of amides is 5. The first kappa shape index (κ1) is 23.2. The molecule has 0 saturated carbocycles. The molecule has 1 spiro atoms. The third-order valence-electron chi connectivity index (χ3n) is 6.97. The summed E-state index contributed by atoms with van der Waals surface area (Å²) in [4.78, 5) is 55.7. The highest BCUT2D eigenvalue weighted by Gasteiger charge is 2.55. The Balaban J connectivity index is 1.12. The van der Waals surface area contributed by atoms with E-state index < -0.39 is 29.9 Å². The van der Waals surface area contributed by atoms with Gasteiger partial charge in [-0.15, -0.1) is 0 Å². The van der Waals surface area contributed by atoms with Crippen molar-refractivity contribution in [2.75, 3.05) is 44.2 Å². The molecule has 2 fully saturated rings. The molecule has 2 aliphatic heterocycles. The number of carbonyl (C=O) groups excluding carboxylic acids is 4. The zero-order chi connectivity index (χ0) is 24.6. The summed E-state index contributed by atoms with van der Waals surface area (Å²) >= 11 is 6.07. The van der Waals surface area contributed by atoms with Crippen LogP contribution in [0.25, 0.3) is 0 Å². The van der Waals surface area contributed by atoms with Gasteiger partial charge in [0.2, 0.25) is 11.8 Å². The lowest BCUT2D eigenvalue weighted by Gasteiger charge is -2.36. The average Bonchev–Trinajstić information content (AvgIpc) is 3.35. The number of carbonyl (C=O) groups is 4. The number of benzene rings is 2. The number of piperazine rings is 1. The molecule has 5 rings (SSSR count). The van der Waals surface area contributed by atoms with Crippen molar-refractivity contribution in [1.29, 1.82) is 0 Å². The highest BCUT2D eigenvalue weighted by atomic mass is 35.5. The van der Waals surface area contributed by atoms with E-state index in [1.807, 2.05) is 48.5 Å². The van der Waals surface area contributed by atoms with Crippen molar-refractivity contribution in [2.45, 2.75) is 18.4 Å². The van der Waals surface area contributed by atoms with Crippen molar-refractivity contribution in [3.63, 3.8) is 0 Å². The van der Waals surface area contributed by atoms with E-state index in [2.05, 4.69) is 15.5 Å². The number of nitrogens with one attached hydrogen (secondary N) is 2. The van der Waals surface area contributed by atoms with Crippen LogP contribution in [0.5, 0.6) is 0 Å². The molecule has 1 unspecified atom stereocenters. The fourth-order valence-corrected chi connectivity index (χ4v) is 5.29. The van der Waals surface area contributed by atoms with Gasteiger partial charge in [-0.3, -0.25) is 19.3 Å². The Morgan fingerprint density at radius 3 is 2.57 bits per heavy atom. The summed E-state index contributed by atoms with van der Waals surface area (Å²) in [5.74, 6) is -1.18. The molecule has 1 aliphatic carbocycles. The first-order valence-electron chi connectivity index (χ1n) is 11.6. The zero-order valence-corrected chi connectivity index (χ0v) is 19.9. The zero-order valence-electron chi connectivity index (χ0n) is 19.1. The quantitative estimate of drug-likeness (QED) is 0.612. The summed E-state index contributed by atoms with van der Waals surface area (Å²) in [6.45, 7) is 1.75. The highest BCUT2D eigenvalue weighted by Crippen LogP contribution is 2.41. The Kier molecular flexibility index (Phi) is 6.10. The second-order valence-electron chi connectivity index (χ2n) is 9.01. The average molecular weight is 496 g/mol. The number of rotatable bonds is 5. The van der Waals surface area contributed by atoms with E-state index >= 15 is 0 Å². The third-order valence-corrected chi connectivity index (χ3v) is 7.20. The van der Waals surface area contributed by atoms with E-state index in [-0.39, 0.29) is 12.5 Å². The number of aryl methyl sites for hydroxylation is 1. The molecule has 0 bridgehead atoms.